The molecular formula is C27H25N3O3S. The third-order valence-corrected chi connectivity index (χ3v) is 6.48. The predicted octanol–water partition coefficient (Wildman–Crippen LogP) is 5.26. The average Bonchev–Trinajstić information content (AvgIpc) is 3.21. The quantitative estimate of drug-likeness (QED) is 0.385. The second-order valence-corrected chi connectivity index (χ2v) is 10.2. The van der Waals surface area contributed by atoms with Crippen molar-refractivity contribution in [2.45, 2.75) is 12.8 Å². The summed E-state index contributed by atoms with van der Waals surface area (Å²) in [5, 5.41) is 2.25. The van der Waals surface area contributed by atoms with E-state index in [1.807, 2.05) is 72.9 Å². The number of methoxy groups -OCH3 is 1. The molecule has 0 saturated heterocycles. The van der Waals surface area contributed by atoms with Gasteiger partial charge in [0.25, 0.3) is 0 Å². The number of ether oxygens (including phenoxy) is 1. The topological polar surface area (TPSA) is 63.9 Å². The van der Waals surface area contributed by atoms with Gasteiger partial charge in [-0.25, -0.2) is 13.4 Å². The summed E-state index contributed by atoms with van der Waals surface area (Å²) in [5.41, 5.74) is 4.77. The minimum absolute atomic E-state index is 0.442. The maximum atomic E-state index is 11.9. The van der Waals surface area contributed by atoms with Crippen molar-refractivity contribution >= 4 is 38.7 Å². The van der Waals surface area contributed by atoms with Crippen LogP contribution in [0.25, 0.3) is 17.0 Å². The van der Waals surface area contributed by atoms with Crippen LogP contribution in [0.5, 0.6) is 5.75 Å². The number of rotatable bonds is 6. The monoisotopic (exact) mass is 471 g/mol. The van der Waals surface area contributed by atoms with Crippen molar-refractivity contribution in [2.24, 2.45) is 4.99 Å². The van der Waals surface area contributed by atoms with E-state index in [0.29, 0.717) is 6.54 Å². The van der Waals surface area contributed by atoms with E-state index in [9.17, 15) is 8.42 Å². The van der Waals surface area contributed by atoms with Gasteiger partial charge in [0, 0.05) is 41.1 Å². The van der Waals surface area contributed by atoms with Gasteiger partial charge in [0.15, 0.2) is 9.84 Å². The number of fused-ring (bicyclic) bond motifs is 2. The van der Waals surface area contributed by atoms with Crippen LogP contribution in [0.4, 0.5) is 5.69 Å². The van der Waals surface area contributed by atoms with Crippen LogP contribution in [0, 0.1) is 0 Å². The van der Waals surface area contributed by atoms with Gasteiger partial charge in [-0.1, -0.05) is 60.7 Å². The molecule has 1 aliphatic rings. The number of aromatic nitrogens is 1. The number of hydrogen-bond acceptors (Lipinski definition) is 5. The fourth-order valence-corrected chi connectivity index (χ4v) is 4.77. The molecule has 0 aliphatic carbocycles. The standard InChI is InChI=1S/C27H25N3O3S/c1-33-25-14-8-12-22-18-28-27(29(26(22)25)19-20-9-4-3-5-10-20)30-23(15-16-34(2,31)32)17-21-11-6-7-13-24(21)30/h3-18,27H,19H2,1-2H3/b16-15+. The molecule has 0 amide bonds. The third kappa shape index (κ3) is 4.22. The first kappa shape index (κ1) is 22.0. The Hall–Kier alpha value is -3.84. The number of hydrogen-bond donors (Lipinski definition) is 0. The summed E-state index contributed by atoms with van der Waals surface area (Å²) in [6.07, 6.45) is 4.26. The Morgan fingerprint density at radius 1 is 1.00 bits per heavy atom. The number of anilines is 1. The molecular weight excluding hydrogens is 446 g/mol. The molecule has 3 aromatic carbocycles. The molecule has 1 aliphatic heterocycles. The Morgan fingerprint density at radius 3 is 2.53 bits per heavy atom. The predicted molar refractivity (Wildman–Crippen MR) is 138 cm³/mol. The molecule has 0 saturated carbocycles. The lowest BCUT2D eigenvalue weighted by Gasteiger charge is -2.37. The van der Waals surface area contributed by atoms with Crippen molar-refractivity contribution in [1.29, 1.82) is 0 Å². The Labute approximate surface area is 199 Å². The van der Waals surface area contributed by atoms with Gasteiger partial charge in [0.2, 0.25) is 6.29 Å². The molecule has 2 heterocycles. The van der Waals surface area contributed by atoms with Crippen molar-refractivity contribution in [3.8, 4) is 5.75 Å². The number of aliphatic imine (C=N–C) groups is 1. The van der Waals surface area contributed by atoms with Gasteiger partial charge in [-0.2, -0.15) is 0 Å². The molecule has 6 nitrogen and oxygen atoms in total. The molecule has 0 spiro atoms. The van der Waals surface area contributed by atoms with E-state index >= 15 is 0 Å². The lowest BCUT2D eigenvalue weighted by Crippen LogP contribution is -2.35. The Bertz CT molecular complexity index is 1500. The summed E-state index contributed by atoms with van der Waals surface area (Å²) in [6.45, 7) is 0.595. The van der Waals surface area contributed by atoms with E-state index in [2.05, 4.69) is 21.6 Å². The summed E-state index contributed by atoms with van der Waals surface area (Å²) in [4.78, 5) is 7.15. The SMILES string of the molecule is COc1cccc2c1N(Cc1ccccc1)C(n1c(/C=C/S(C)(=O)=O)cc3ccccc31)N=C2. The van der Waals surface area contributed by atoms with E-state index in [-0.39, 0.29) is 0 Å². The second kappa shape index (κ2) is 8.83. The molecule has 5 rings (SSSR count). The number of nitrogens with zero attached hydrogens (tertiary/aromatic N) is 3. The molecule has 0 radical (unpaired) electrons. The number of para-hydroxylation sites is 2. The van der Waals surface area contributed by atoms with Crippen LogP contribution < -0.4 is 9.64 Å². The van der Waals surface area contributed by atoms with Gasteiger partial charge in [-0.15, -0.1) is 0 Å². The van der Waals surface area contributed by atoms with Crippen molar-refractivity contribution in [1.82, 2.24) is 4.57 Å². The first-order valence-electron chi connectivity index (χ1n) is 10.9. The zero-order valence-corrected chi connectivity index (χ0v) is 19.8. The molecule has 7 heteroatoms. The van der Waals surface area contributed by atoms with E-state index in [1.54, 1.807) is 13.2 Å². The first-order valence-corrected chi connectivity index (χ1v) is 12.9. The van der Waals surface area contributed by atoms with Crippen LogP contribution in [0.15, 0.2) is 89.3 Å². The minimum Gasteiger partial charge on any atom is -0.495 e. The first-order chi connectivity index (χ1) is 16.4. The van der Waals surface area contributed by atoms with E-state index < -0.39 is 16.1 Å². The number of benzene rings is 3. The zero-order valence-electron chi connectivity index (χ0n) is 19.0. The summed E-state index contributed by atoms with van der Waals surface area (Å²) in [5.74, 6) is 0.759. The molecule has 0 N–H and O–H groups in total. The van der Waals surface area contributed by atoms with Crippen molar-refractivity contribution in [2.75, 3.05) is 18.3 Å². The smallest absolute Gasteiger partial charge is 0.203 e. The highest BCUT2D eigenvalue weighted by Gasteiger charge is 2.30. The van der Waals surface area contributed by atoms with Crippen LogP contribution in [-0.2, 0) is 16.4 Å². The third-order valence-electron chi connectivity index (χ3n) is 5.85. The highest BCUT2D eigenvalue weighted by Crippen LogP contribution is 2.41. The molecule has 4 aromatic rings. The molecule has 0 fully saturated rings. The van der Waals surface area contributed by atoms with Crippen LogP contribution in [0.1, 0.15) is 23.1 Å². The summed E-state index contributed by atoms with van der Waals surface area (Å²) in [6, 6.07) is 26.1. The van der Waals surface area contributed by atoms with Crippen LogP contribution in [-0.4, -0.2) is 32.6 Å². The summed E-state index contributed by atoms with van der Waals surface area (Å²) < 4.78 is 31.6. The van der Waals surface area contributed by atoms with Gasteiger partial charge in [-0.3, -0.25) is 0 Å². The summed E-state index contributed by atoms with van der Waals surface area (Å²) in [7, 11) is -1.63. The van der Waals surface area contributed by atoms with Crippen LogP contribution in [0.2, 0.25) is 0 Å². The fourth-order valence-electron chi connectivity index (χ4n) is 4.38. The van der Waals surface area contributed by atoms with Crippen molar-refractivity contribution in [3.05, 3.63) is 101 Å². The Kier molecular flexibility index (Phi) is 5.71. The highest BCUT2D eigenvalue weighted by atomic mass is 32.2. The maximum Gasteiger partial charge on any atom is 0.203 e. The molecule has 34 heavy (non-hydrogen) atoms. The molecule has 1 unspecified atom stereocenters. The normalized spacial score (nSPS) is 15.7. The maximum absolute atomic E-state index is 11.9. The van der Waals surface area contributed by atoms with E-state index in [4.69, 9.17) is 9.73 Å². The van der Waals surface area contributed by atoms with Gasteiger partial charge >= 0.3 is 0 Å². The van der Waals surface area contributed by atoms with Crippen LogP contribution >= 0.6 is 0 Å². The Morgan fingerprint density at radius 2 is 1.76 bits per heavy atom. The largest absolute Gasteiger partial charge is 0.495 e. The van der Waals surface area contributed by atoms with Crippen LogP contribution in [0.3, 0.4) is 0 Å². The average molecular weight is 472 g/mol. The van der Waals surface area contributed by atoms with Gasteiger partial charge in [0.1, 0.15) is 5.75 Å². The Balaban J connectivity index is 1.73. The van der Waals surface area contributed by atoms with Gasteiger partial charge in [-0.05, 0) is 29.8 Å². The highest BCUT2D eigenvalue weighted by molar-refractivity contribution is 7.93. The second-order valence-electron chi connectivity index (χ2n) is 8.27. The van der Waals surface area contributed by atoms with E-state index in [0.717, 1.165) is 39.2 Å². The molecule has 1 aromatic heterocycles. The van der Waals surface area contributed by atoms with Crippen molar-refractivity contribution in [3.63, 3.8) is 0 Å². The lowest BCUT2D eigenvalue weighted by molar-refractivity contribution is 0.406. The zero-order chi connectivity index (χ0) is 23.7. The van der Waals surface area contributed by atoms with Crippen molar-refractivity contribution < 1.29 is 13.2 Å². The fraction of sp³-hybridized carbons (Fsp3) is 0.148. The van der Waals surface area contributed by atoms with Gasteiger partial charge < -0.3 is 14.2 Å². The summed E-state index contributed by atoms with van der Waals surface area (Å²) >= 11 is 0. The molecule has 1 atom stereocenters. The van der Waals surface area contributed by atoms with E-state index in [1.165, 1.54) is 11.7 Å². The number of sulfone groups is 1. The minimum atomic E-state index is -3.29. The lowest BCUT2D eigenvalue weighted by atomic mass is 10.1. The molecule has 172 valence electrons. The van der Waals surface area contributed by atoms with Gasteiger partial charge in [0.05, 0.1) is 18.3 Å². The molecule has 0 bridgehead atoms.